The average molecular weight is 221 g/mol. The van der Waals surface area contributed by atoms with E-state index < -0.39 is 5.82 Å². The first-order valence-corrected chi connectivity index (χ1v) is 4.48. The number of rotatable bonds is 3. The molecule has 0 amide bonds. The molecule has 4 heteroatoms. The highest BCUT2D eigenvalue weighted by molar-refractivity contribution is 6.33. The number of benzene rings is 1. The lowest BCUT2D eigenvalue weighted by Crippen LogP contribution is -1.89. The second-order valence-electron chi connectivity index (χ2n) is 2.56. The minimum absolute atomic E-state index is 0.0327. The summed E-state index contributed by atoms with van der Waals surface area (Å²) in [6, 6.07) is 2.60. The van der Waals surface area contributed by atoms with Gasteiger partial charge in [-0.3, -0.25) is 0 Å². The summed E-state index contributed by atoms with van der Waals surface area (Å²) < 4.78 is 12.8. The summed E-state index contributed by atoms with van der Waals surface area (Å²) >= 11 is 11.3. The summed E-state index contributed by atoms with van der Waals surface area (Å²) in [6.45, 7) is 0. The summed E-state index contributed by atoms with van der Waals surface area (Å²) in [5.41, 5.74) is 0.695. The Bertz CT molecular complexity index is 326. The van der Waals surface area contributed by atoms with Crippen molar-refractivity contribution in [2.45, 2.75) is 12.8 Å². The highest BCUT2D eigenvalue weighted by Gasteiger charge is 2.06. The van der Waals surface area contributed by atoms with E-state index in [0.717, 1.165) is 12.4 Å². The van der Waals surface area contributed by atoms with Gasteiger partial charge >= 0.3 is 0 Å². The van der Waals surface area contributed by atoms with E-state index in [4.69, 9.17) is 23.2 Å². The van der Waals surface area contributed by atoms with Gasteiger partial charge in [0.15, 0.2) is 0 Å². The van der Waals surface area contributed by atoms with Crippen LogP contribution in [0.25, 0.3) is 0 Å². The van der Waals surface area contributed by atoms with Crippen LogP contribution in [-0.2, 0) is 11.2 Å². The van der Waals surface area contributed by atoms with Crippen LogP contribution in [0.15, 0.2) is 12.1 Å². The maximum absolute atomic E-state index is 12.8. The predicted molar refractivity (Wildman–Crippen MR) is 50.8 cm³/mol. The van der Waals surface area contributed by atoms with E-state index in [1.54, 1.807) is 0 Å². The minimum atomic E-state index is -0.540. The SMILES string of the molecule is O=CCCc1cc(Cl)c(F)cc1Cl. The lowest BCUT2D eigenvalue weighted by molar-refractivity contribution is -0.107. The second kappa shape index (κ2) is 4.58. The average Bonchev–Trinajstić information content (AvgIpc) is 2.09. The van der Waals surface area contributed by atoms with Crippen molar-refractivity contribution in [2.24, 2.45) is 0 Å². The second-order valence-corrected chi connectivity index (χ2v) is 3.38. The number of aryl methyl sites for hydroxylation is 1. The third-order valence-electron chi connectivity index (χ3n) is 1.62. The van der Waals surface area contributed by atoms with Crippen LogP contribution in [0.4, 0.5) is 4.39 Å². The molecule has 0 N–H and O–H groups in total. The topological polar surface area (TPSA) is 17.1 Å². The van der Waals surface area contributed by atoms with E-state index >= 15 is 0 Å². The first-order chi connectivity index (χ1) is 6.15. The Morgan fingerprint density at radius 3 is 2.62 bits per heavy atom. The Morgan fingerprint density at radius 2 is 2.00 bits per heavy atom. The van der Waals surface area contributed by atoms with Crippen LogP contribution in [0, 0.1) is 5.82 Å². The molecule has 0 bridgehead atoms. The number of aldehydes is 1. The van der Waals surface area contributed by atoms with Gasteiger partial charge in [-0.05, 0) is 24.1 Å². The Balaban J connectivity index is 2.94. The Labute approximate surface area is 85.5 Å². The molecule has 0 radical (unpaired) electrons. The van der Waals surface area contributed by atoms with Crippen molar-refractivity contribution in [1.29, 1.82) is 0 Å². The molecule has 1 rings (SSSR count). The summed E-state index contributed by atoms with van der Waals surface area (Å²) in [6.07, 6.45) is 1.64. The summed E-state index contributed by atoms with van der Waals surface area (Å²) in [5.74, 6) is -0.540. The van der Waals surface area contributed by atoms with Crippen LogP contribution in [-0.4, -0.2) is 6.29 Å². The molecule has 0 heterocycles. The van der Waals surface area contributed by atoms with Gasteiger partial charge in [-0.2, -0.15) is 0 Å². The molecule has 0 unspecified atom stereocenters. The van der Waals surface area contributed by atoms with Crippen molar-refractivity contribution < 1.29 is 9.18 Å². The molecule has 0 aromatic heterocycles. The van der Waals surface area contributed by atoms with Gasteiger partial charge < -0.3 is 4.79 Å². The van der Waals surface area contributed by atoms with Gasteiger partial charge in [-0.1, -0.05) is 23.2 Å². The zero-order chi connectivity index (χ0) is 9.84. The normalized spacial score (nSPS) is 10.1. The van der Waals surface area contributed by atoms with Gasteiger partial charge in [0.25, 0.3) is 0 Å². The first kappa shape index (κ1) is 10.5. The van der Waals surface area contributed by atoms with Gasteiger partial charge in [-0.15, -0.1) is 0 Å². The quantitative estimate of drug-likeness (QED) is 0.565. The van der Waals surface area contributed by atoms with Gasteiger partial charge in [-0.25, -0.2) is 4.39 Å². The van der Waals surface area contributed by atoms with Crippen molar-refractivity contribution in [2.75, 3.05) is 0 Å². The van der Waals surface area contributed by atoms with E-state index in [0.29, 0.717) is 23.4 Å². The van der Waals surface area contributed by atoms with Crippen molar-refractivity contribution >= 4 is 29.5 Å². The van der Waals surface area contributed by atoms with E-state index in [-0.39, 0.29) is 5.02 Å². The summed E-state index contributed by atoms with van der Waals surface area (Å²) in [7, 11) is 0. The molecule has 0 spiro atoms. The number of hydrogen-bond acceptors (Lipinski definition) is 1. The molecule has 0 saturated carbocycles. The number of halogens is 3. The largest absolute Gasteiger partial charge is 0.303 e. The monoisotopic (exact) mass is 220 g/mol. The molecular weight excluding hydrogens is 214 g/mol. The highest BCUT2D eigenvalue weighted by Crippen LogP contribution is 2.24. The first-order valence-electron chi connectivity index (χ1n) is 3.72. The molecule has 0 aliphatic carbocycles. The van der Waals surface area contributed by atoms with Crippen LogP contribution in [0.2, 0.25) is 10.0 Å². The summed E-state index contributed by atoms with van der Waals surface area (Å²) in [4.78, 5) is 10.1. The fraction of sp³-hybridized carbons (Fsp3) is 0.222. The fourth-order valence-electron chi connectivity index (χ4n) is 0.970. The molecule has 0 atom stereocenters. The predicted octanol–water partition coefficient (Wildman–Crippen LogP) is 3.26. The van der Waals surface area contributed by atoms with Gasteiger partial charge in [0.2, 0.25) is 0 Å². The van der Waals surface area contributed by atoms with E-state index in [1.807, 2.05) is 0 Å². The van der Waals surface area contributed by atoms with Gasteiger partial charge in [0.1, 0.15) is 12.1 Å². The third kappa shape index (κ3) is 2.68. The lowest BCUT2D eigenvalue weighted by Gasteiger charge is -2.03. The van der Waals surface area contributed by atoms with Crippen molar-refractivity contribution in [3.8, 4) is 0 Å². The van der Waals surface area contributed by atoms with Crippen LogP contribution >= 0.6 is 23.2 Å². The molecule has 1 aromatic carbocycles. The van der Waals surface area contributed by atoms with Gasteiger partial charge in [0, 0.05) is 11.4 Å². The fourth-order valence-corrected chi connectivity index (χ4v) is 1.40. The van der Waals surface area contributed by atoms with Crippen LogP contribution < -0.4 is 0 Å². The zero-order valence-corrected chi connectivity index (χ0v) is 8.20. The van der Waals surface area contributed by atoms with Crippen molar-refractivity contribution in [3.63, 3.8) is 0 Å². The van der Waals surface area contributed by atoms with Crippen LogP contribution in [0.5, 0.6) is 0 Å². The van der Waals surface area contributed by atoms with Crippen LogP contribution in [0.3, 0.4) is 0 Å². The zero-order valence-electron chi connectivity index (χ0n) is 6.69. The van der Waals surface area contributed by atoms with E-state index in [1.165, 1.54) is 6.07 Å². The molecule has 0 aliphatic heterocycles. The molecule has 70 valence electrons. The molecule has 0 fully saturated rings. The van der Waals surface area contributed by atoms with Crippen LogP contribution in [0.1, 0.15) is 12.0 Å². The van der Waals surface area contributed by atoms with E-state index in [2.05, 4.69) is 0 Å². The summed E-state index contributed by atoms with van der Waals surface area (Å²) in [5, 5.41) is 0.342. The molecule has 1 aromatic rings. The minimum Gasteiger partial charge on any atom is -0.303 e. The number of carbonyl (C=O) groups excluding carboxylic acids is 1. The Morgan fingerprint density at radius 1 is 1.31 bits per heavy atom. The number of hydrogen-bond donors (Lipinski definition) is 0. The van der Waals surface area contributed by atoms with Gasteiger partial charge in [0.05, 0.1) is 5.02 Å². The van der Waals surface area contributed by atoms with Crippen molar-refractivity contribution in [3.05, 3.63) is 33.6 Å². The molecule has 0 saturated heterocycles. The maximum Gasteiger partial charge on any atom is 0.143 e. The molecular formula is C9H7Cl2FO. The van der Waals surface area contributed by atoms with E-state index in [9.17, 15) is 9.18 Å². The molecule has 1 nitrogen and oxygen atoms in total. The number of carbonyl (C=O) groups is 1. The maximum atomic E-state index is 12.8. The lowest BCUT2D eigenvalue weighted by atomic mass is 10.1. The van der Waals surface area contributed by atoms with Crippen molar-refractivity contribution in [1.82, 2.24) is 0 Å². The third-order valence-corrected chi connectivity index (χ3v) is 2.26. The smallest absolute Gasteiger partial charge is 0.143 e. The molecule has 13 heavy (non-hydrogen) atoms. The highest BCUT2D eigenvalue weighted by atomic mass is 35.5. The Kier molecular flexibility index (Phi) is 3.70. The Hall–Kier alpha value is -0.600. The molecule has 0 aliphatic rings. The standard InChI is InChI=1S/C9H7Cl2FO/c10-7-5-9(12)8(11)4-6(7)2-1-3-13/h3-5H,1-2H2.